The van der Waals surface area contributed by atoms with Gasteiger partial charge in [0.25, 0.3) is 0 Å². The zero-order chi connectivity index (χ0) is 37.3. The highest BCUT2D eigenvalue weighted by Crippen LogP contribution is 2.62. The van der Waals surface area contributed by atoms with Gasteiger partial charge in [0.05, 0.1) is 5.60 Å². The number of aliphatic hydroxyl groups is 1. The van der Waals surface area contributed by atoms with E-state index in [0.717, 1.165) is 0 Å². The van der Waals surface area contributed by atoms with Crippen molar-refractivity contribution in [2.45, 2.75) is 110 Å². The molecule has 0 amide bonds. The minimum absolute atomic E-state index is 0.259. The maximum atomic E-state index is 13.8. The van der Waals surface area contributed by atoms with Crippen LogP contribution < -0.4 is 0 Å². The highest BCUT2D eigenvalue weighted by molar-refractivity contribution is 5.12. The molecule has 0 saturated heterocycles. The molecule has 272 valence electrons. The van der Waals surface area contributed by atoms with Crippen molar-refractivity contribution in [2.24, 2.45) is 0 Å². The zero-order valence-corrected chi connectivity index (χ0v) is 20.6. The summed E-state index contributed by atoms with van der Waals surface area (Å²) in [6, 6.07) is 0. The van der Waals surface area contributed by atoms with Gasteiger partial charge in [-0.1, -0.05) is 0 Å². The molecule has 0 aromatic rings. The Kier molecular flexibility index (Phi) is 10.6. The summed E-state index contributed by atoms with van der Waals surface area (Å²) in [6.45, 7) is -0.259. The summed E-state index contributed by atoms with van der Waals surface area (Å²) in [4.78, 5) is 0. The molecule has 0 bridgehead atoms. The fraction of sp³-hybridized carbons (Fsp3) is 1.00. The molecule has 0 aromatic carbocycles. The molecule has 0 aliphatic carbocycles. The van der Waals surface area contributed by atoms with Crippen LogP contribution in [-0.4, -0.2) is 82.3 Å². The van der Waals surface area contributed by atoms with Gasteiger partial charge in [-0.2, -0.15) is 114 Å². The normalized spacial score (nSPS) is 16.8. The molecule has 0 saturated carbocycles. The van der Waals surface area contributed by atoms with E-state index in [9.17, 15) is 119 Å². The predicted octanol–water partition coefficient (Wildman–Crippen LogP) is 9.78. The van der Waals surface area contributed by atoms with Gasteiger partial charge in [-0.25, -0.2) is 0 Å². The molecule has 0 aliphatic heterocycles. The fourth-order valence-corrected chi connectivity index (χ4v) is 2.90. The molecule has 1 nitrogen and oxygen atoms in total. The first-order valence-corrected chi connectivity index (χ1v) is 10.6. The Bertz CT molecular complexity index is 949. The second-order valence-corrected chi connectivity index (χ2v) is 9.50. The number of halogens is 26. The van der Waals surface area contributed by atoms with E-state index in [1.54, 1.807) is 0 Å². The van der Waals surface area contributed by atoms with Crippen molar-refractivity contribution in [3.63, 3.8) is 0 Å². The van der Waals surface area contributed by atoms with Crippen LogP contribution in [0.4, 0.5) is 114 Å². The van der Waals surface area contributed by atoms with Gasteiger partial charge in [-0.05, 0) is 19.8 Å². The van der Waals surface area contributed by atoms with E-state index in [1.807, 2.05) is 0 Å². The molecule has 1 N–H and O–H groups in total. The van der Waals surface area contributed by atoms with Crippen molar-refractivity contribution in [3.8, 4) is 0 Å². The van der Waals surface area contributed by atoms with Crippen LogP contribution in [0.5, 0.6) is 0 Å². The molecule has 0 aliphatic rings. The van der Waals surface area contributed by atoms with Crippen molar-refractivity contribution in [2.75, 3.05) is 0 Å². The van der Waals surface area contributed by atoms with E-state index in [1.165, 1.54) is 0 Å². The van der Waals surface area contributed by atoms with Crippen LogP contribution in [0.1, 0.15) is 32.6 Å². The quantitative estimate of drug-likeness (QED) is 0.176. The largest absolute Gasteiger partial charge is 0.460 e. The van der Waals surface area contributed by atoms with Crippen molar-refractivity contribution in [1.29, 1.82) is 0 Å². The minimum atomic E-state index is -8.38. The lowest BCUT2D eigenvalue weighted by atomic mass is 9.85. The van der Waals surface area contributed by atoms with Gasteiger partial charge in [0.15, 0.2) is 0 Å². The average molecular weight is 738 g/mol. The molecule has 0 unspecified atom stereocenters. The SMILES string of the molecule is CC(O)(CCC(F)(F)C(F)(F)C(F)(F)C(F)(F)C(F)(F)C(F)(F)F)CCC(F)(F)C(F)(F)C(F)(F)C(F)(F)C(F)(F)C(F)(F)F. The second-order valence-electron chi connectivity index (χ2n) is 9.50. The lowest BCUT2D eigenvalue weighted by molar-refractivity contribution is -0.440. The molecule has 0 radical (unpaired) electrons. The van der Waals surface area contributed by atoms with E-state index < -0.39 is 103 Å². The summed E-state index contributed by atoms with van der Waals surface area (Å²) >= 11 is 0. The van der Waals surface area contributed by atoms with E-state index in [0.29, 0.717) is 0 Å². The van der Waals surface area contributed by atoms with Crippen LogP contribution in [0.2, 0.25) is 0 Å². The van der Waals surface area contributed by atoms with Gasteiger partial charge in [-0.15, -0.1) is 0 Å². The van der Waals surface area contributed by atoms with Crippen LogP contribution in [0.3, 0.4) is 0 Å². The maximum absolute atomic E-state index is 13.8. The first-order valence-electron chi connectivity index (χ1n) is 10.6. The Morgan fingerprint density at radius 3 is 0.644 bits per heavy atom. The highest BCUT2D eigenvalue weighted by atomic mass is 19.4. The van der Waals surface area contributed by atoms with E-state index in [2.05, 4.69) is 0 Å². The first kappa shape index (κ1) is 43.1. The Balaban J connectivity index is 6.20. The summed E-state index contributed by atoms with van der Waals surface area (Å²) in [5.74, 6) is -79.6. The van der Waals surface area contributed by atoms with Crippen LogP contribution >= 0.6 is 0 Å². The summed E-state index contributed by atoms with van der Waals surface area (Å²) in [6.07, 6.45) is -27.4. The highest BCUT2D eigenvalue weighted by Gasteiger charge is 2.92. The third-order valence-electron chi connectivity index (χ3n) is 5.95. The summed E-state index contributed by atoms with van der Waals surface area (Å²) in [7, 11) is 0. The van der Waals surface area contributed by atoms with Gasteiger partial charge in [0.1, 0.15) is 0 Å². The fourth-order valence-electron chi connectivity index (χ4n) is 2.90. The molecule has 0 rings (SSSR count). The second kappa shape index (κ2) is 11.1. The smallest absolute Gasteiger partial charge is 0.390 e. The topological polar surface area (TPSA) is 20.2 Å². The van der Waals surface area contributed by atoms with Gasteiger partial charge in [0, 0.05) is 12.8 Å². The van der Waals surface area contributed by atoms with E-state index in [4.69, 9.17) is 0 Å². The van der Waals surface area contributed by atoms with Crippen LogP contribution in [0, 0.1) is 0 Å². The van der Waals surface area contributed by atoms with E-state index >= 15 is 0 Å². The molecular weight excluding hydrogens is 726 g/mol. The van der Waals surface area contributed by atoms with Crippen molar-refractivity contribution < 1.29 is 119 Å². The monoisotopic (exact) mass is 738 g/mol. The standard InChI is InChI=1S/C18H12F26O/c1-6(45,2-4-7(19,20)9(23,24)11(27,28)13(31,32)15(35,36)17(39,40)41)3-5-8(21,22)10(25,26)12(29,30)14(33,34)16(37,38)18(42,43)44/h45H,2-5H2,1H3. The first-order chi connectivity index (χ1) is 18.9. The van der Waals surface area contributed by atoms with Gasteiger partial charge >= 0.3 is 71.6 Å². The molecular formula is C18H12F26O. The van der Waals surface area contributed by atoms with Crippen molar-refractivity contribution in [1.82, 2.24) is 0 Å². The Morgan fingerprint density at radius 1 is 0.289 bits per heavy atom. The maximum Gasteiger partial charge on any atom is 0.460 e. The molecule has 27 heteroatoms. The van der Waals surface area contributed by atoms with Crippen molar-refractivity contribution >= 4 is 0 Å². The lowest BCUT2D eigenvalue weighted by Gasteiger charge is -2.41. The van der Waals surface area contributed by atoms with Crippen LogP contribution in [0.25, 0.3) is 0 Å². The van der Waals surface area contributed by atoms with Crippen molar-refractivity contribution in [3.05, 3.63) is 0 Å². The number of hydrogen-bond donors (Lipinski definition) is 1. The number of alkyl halides is 26. The number of rotatable bonds is 14. The minimum Gasteiger partial charge on any atom is -0.390 e. The molecule has 45 heavy (non-hydrogen) atoms. The summed E-state index contributed by atoms with van der Waals surface area (Å²) < 4.78 is 340. The van der Waals surface area contributed by atoms with Crippen LogP contribution in [-0.2, 0) is 0 Å². The molecule has 0 atom stereocenters. The molecule has 0 heterocycles. The molecule has 0 spiro atoms. The third kappa shape index (κ3) is 6.51. The lowest BCUT2D eigenvalue weighted by Crippen LogP contribution is -2.70. The molecule has 0 fully saturated rings. The van der Waals surface area contributed by atoms with Crippen LogP contribution in [0.15, 0.2) is 0 Å². The molecule has 0 aromatic heterocycles. The van der Waals surface area contributed by atoms with Gasteiger partial charge in [-0.3, -0.25) is 0 Å². The number of hydrogen-bond acceptors (Lipinski definition) is 1. The zero-order valence-electron chi connectivity index (χ0n) is 20.6. The average Bonchev–Trinajstić information content (AvgIpc) is 2.79. The summed E-state index contributed by atoms with van der Waals surface area (Å²) in [5, 5.41) is 9.60. The Morgan fingerprint density at radius 2 is 0.467 bits per heavy atom. The summed E-state index contributed by atoms with van der Waals surface area (Å²) in [5.41, 5.74) is -3.85. The third-order valence-corrected chi connectivity index (χ3v) is 5.95. The Labute approximate surface area is 230 Å². The van der Waals surface area contributed by atoms with Gasteiger partial charge < -0.3 is 5.11 Å². The predicted molar refractivity (Wildman–Crippen MR) is 90.7 cm³/mol. The Hall–Kier alpha value is -1.86. The van der Waals surface area contributed by atoms with E-state index in [-0.39, 0.29) is 6.92 Å². The van der Waals surface area contributed by atoms with Gasteiger partial charge in [0.2, 0.25) is 0 Å².